The van der Waals surface area contributed by atoms with Crippen molar-refractivity contribution < 1.29 is 14.7 Å². The minimum atomic E-state index is -1.06. The van der Waals surface area contributed by atoms with E-state index < -0.39 is 17.9 Å². The third-order valence-electron chi connectivity index (χ3n) is 2.17. The van der Waals surface area contributed by atoms with Crippen LogP contribution in [0.4, 0.5) is 0 Å². The lowest BCUT2D eigenvalue weighted by Crippen LogP contribution is -2.38. The summed E-state index contributed by atoms with van der Waals surface area (Å²) in [5.41, 5.74) is 0.374. The highest BCUT2D eigenvalue weighted by molar-refractivity contribution is 5.96. The first kappa shape index (κ1) is 13.2. The number of aliphatic carboxylic acids is 1. The van der Waals surface area contributed by atoms with Crippen molar-refractivity contribution in [2.24, 2.45) is 5.92 Å². The van der Waals surface area contributed by atoms with Crippen molar-refractivity contribution >= 4 is 11.9 Å². The molecule has 1 atom stereocenters. The molecule has 0 aromatic carbocycles. The molecule has 94 valence electrons. The minimum Gasteiger partial charge on any atom is -0.480 e. The number of nitrogens with zero attached hydrogens (tertiary/aromatic N) is 2. The zero-order chi connectivity index (χ0) is 13.0. The van der Waals surface area contributed by atoms with E-state index in [0.717, 1.165) is 6.54 Å². The van der Waals surface area contributed by atoms with Gasteiger partial charge in [-0.1, -0.05) is 13.8 Å². The lowest BCUT2D eigenvalue weighted by Gasteiger charge is -2.07. The number of carbonyl (C=O) groups excluding carboxylic acids is 1. The van der Waals surface area contributed by atoms with Crippen LogP contribution in [-0.4, -0.2) is 32.8 Å². The second-order valence-electron chi connectivity index (χ2n) is 4.38. The van der Waals surface area contributed by atoms with Crippen LogP contribution >= 0.6 is 0 Å². The van der Waals surface area contributed by atoms with Crippen molar-refractivity contribution in [2.75, 3.05) is 0 Å². The topological polar surface area (TPSA) is 84.2 Å². The summed E-state index contributed by atoms with van der Waals surface area (Å²) in [6.45, 7) is 6.24. The minimum absolute atomic E-state index is 0.374. The first-order valence-corrected chi connectivity index (χ1v) is 5.46. The molecule has 6 nitrogen and oxygen atoms in total. The normalized spacial score (nSPS) is 12.5. The van der Waals surface area contributed by atoms with Gasteiger partial charge < -0.3 is 10.4 Å². The van der Waals surface area contributed by atoms with Crippen LogP contribution in [0, 0.1) is 5.92 Å². The quantitative estimate of drug-likeness (QED) is 0.793. The molecule has 0 aliphatic heterocycles. The fourth-order valence-electron chi connectivity index (χ4n) is 1.30. The van der Waals surface area contributed by atoms with Crippen molar-refractivity contribution in [1.82, 2.24) is 15.1 Å². The van der Waals surface area contributed by atoms with E-state index in [1.54, 1.807) is 10.9 Å². The van der Waals surface area contributed by atoms with E-state index >= 15 is 0 Å². The summed E-state index contributed by atoms with van der Waals surface area (Å²) < 4.78 is 1.67. The molecule has 0 bridgehead atoms. The fraction of sp³-hybridized carbons (Fsp3) is 0.545. The van der Waals surface area contributed by atoms with E-state index in [1.807, 2.05) is 13.8 Å². The Hall–Kier alpha value is -1.85. The summed E-state index contributed by atoms with van der Waals surface area (Å²) in [4.78, 5) is 22.2. The van der Waals surface area contributed by atoms with Crippen LogP contribution in [0.25, 0.3) is 0 Å². The summed E-state index contributed by atoms with van der Waals surface area (Å²) in [7, 11) is 0. The molecule has 6 heteroatoms. The van der Waals surface area contributed by atoms with Crippen molar-refractivity contribution in [1.29, 1.82) is 0 Å². The number of nitrogens with one attached hydrogen (secondary N) is 1. The van der Waals surface area contributed by atoms with Crippen LogP contribution in [0.5, 0.6) is 0 Å². The fourth-order valence-corrected chi connectivity index (χ4v) is 1.30. The number of aromatic nitrogens is 2. The Balaban J connectivity index is 2.64. The van der Waals surface area contributed by atoms with Crippen molar-refractivity contribution in [2.45, 2.75) is 33.4 Å². The number of amides is 1. The molecule has 17 heavy (non-hydrogen) atoms. The Labute approximate surface area is 99.6 Å². The molecule has 2 N–H and O–H groups in total. The van der Waals surface area contributed by atoms with Gasteiger partial charge in [-0.25, -0.2) is 0 Å². The van der Waals surface area contributed by atoms with Gasteiger partial charge in [-0.05, 0) is 12.8 Å². The van der Waals surface area contributed by atoms with Gasteiger partial charge in [0.2, 0.25) is 0 Å². The van der Waals surface area contributed by atoms with Gasteiger partial charge in [-0.3, -0.25) is 14.3 Å². The second kappa shape index (κ2) is 5.47. The summed E-state index contributed by atoms with van der Waals surface area (Å²) in [6.07, 6.45) is 3.05. The number of carboxylic acids is 1. The third kappa shape index (κ3) is 3.90. The average molecular weight is 239 g/mol. The van der Waals surface area contributed by atoms with Crippen molar-refractivity contribution in [3.05, 3.63) is 18.0 Å². The molecule has 0 spiro atoms. The Bertz CT molecular complexity index is 412. The smallest absolute Gasteiger partial charge is 0.325 e. The van der Waals surface area contributed by atoms with Gasteiger partial charge in [-0.15, -0.1) is 0 Å². The van der Waals surface area contributed by atoms with Crippen LogP contribution in [0.3, 0.4) is 0 Å². The molecule has 0 fully saturated rings. The van der Waals surface area contributed by atoms with Crippen LogP contribution in [-0.2, 0) is 11.3 Å². The number of hydrogen-bond donors (Lipinski definition) is 2. The number of rotatable bonds is 5. The predicted molar refractivity (Wildman–Crippen MR) is 61.6 cm³/mol. The molecule has 0 aliphatic carbocycles. The summed E-state index contributed by atoms with van der Waals surface area (Å²) in [5.74, 6) is -1.05. The molecule has 0 aliphatic rings. The van der Waals surface area contributed by atoms with Gasteiger partial charge in [0, 0.05) is 12.7 Å². The molecule has 1 aromatic rings. The van der Waals surface area contributed by atoms with Crippen LogP contribution in [0.1, 0.15) is 31.1 Å². The molecule has 0 unspecified atom stereocenters. The van der Waals surface area contributed by atoms with E-state index in [1.165, 1.54) is 13.1 Å². The van der Waals surface area contributed by atoms with Gasteiger partial charge >= 0.3 is 5.97 Å². The molecule has 1 amide bonds. The predicted octanol–water partition coefficient (Wildman–Crippen LogP) is 0.742. The monoisotopic (exact) mass is 239 g/mol. The van der Waals surface area contributed by atoms with E-state index in [9.17, 15) is 9.59 Å². The third-order valence-corrected chi connectivity index (χ3v) is 2.17. The summed E-state index contributed by atoms with van der Waals surface area (Å²) in [5, 5.41) is 15.1. The van der Waals surface area contributed by atoms with Crippen LogP contribution in [0.15, 0.2) is 12.4 Å². The van der Waals surface area contributed by atoms with Crippen molar-refractivity contribution in [3.63, 3.8) is 0 Å². The summed E-state index contributed by atoms with van der Waals surface area (Å²) in [6, 6.07) is -0.907. The molecule has 0 saturated carbocycles. The number of carboxylic acid groups (broad SMARTS) is 1. The number of carbonyl (C=O) groups is 2. The summed E-state index contributed by atoms with van der Waals surface area (Å²) >= 11 is 0. The Morgan fingerprint density at radius 1 is 1.47 bits per heavy atom. The second-order valence-corrected chi connectivity index (χ2v) is 4.38. The molecular weight excluding hydrogens is 222 g/mol. The van der Waals surface area contributed by atoms with Gasteiger partial charge in [0.1, 0.15) is 6.04 Å². The highest BCUT2D eigenvalue weighted by atomic mass is 16.4. The molecule has 1 heterocycles. The highest BCUT2D eigenvalue weighted by Crippen LogP contribution is 2.02. The van der Waals surface area contributed by atoms with Crippen molar-refractivity contribution in [3.8, 4) is 0 Å². The maximum absolute atomic E-state index is 11.6. The highest BCUT2D eigenvalue weighted by Gasteiger charge is 2.16. The average Bonchev–Trinajstić information content (AvgIpc) is 2.64. The standard InChI is InChI=1S/C11H17N3O3/c1-7(2)5-14-6-9(4-12-14)10(15)13-8(3)11(16)17/h4,6-8H,5H2,1-3H3,(H,13,15)(H,16,17)/t8-/m0/s1. The van der Waals surface area contributed by atoms with E-state index in [2.05, 4.69) is 10.4 Å². The zero-order valence-corrected chi connectivity index (χ0v) is 10.2. The Morgan fingerprint density at radius 3 is 2.65 bits per heavy atom. The molecule has 1 aromatic heterocycles. The van der Waals surface area contributed by atoms with Gasteiger partial charge in [0.05, 0.1) is 11.8 Å². The zero-order valence-electron chi connectivity index (χ0n) is 10.2. The van der Waals surface area contributed by atoms with Gasteiger partial charge in [-0.2, -0.15) is 5.10 Å². The maximum atomic E-state index is 11.6. The van der Waals surface area contributed by atoms with Gasteiger partial charge in [0.15, 0.2) is 0 Å². The Kier molecular flexibility index (Phi) is 4.25. The largest absolute Gasteiger partial charge is 0.480 e. The maximum Gasteiger partial charge on any atom is 0.325 e. The Morgan fingerprint density at radius 2 is 2.12 bits per heavy atom. The van der Waals surface area contributed by atoms with E-state index in [0.29, 0.717) is 11.5 Å². The van der Waals surface area contributed by atoms with E-state index in [-0.39, 0.29) is 0 Å². The molecule has 1 rings (SSSR count). The first-order valence-electron chi connectivity index (χ1n) is 5.46. The van der Waals surface area contributed by atoms with Crippen LogP contribution < -0.4 is 5.32 Å². The lowest BCUT2D eigenvalue weighted by molar-refractivity contribution is -0.138. The SMILES string of the molecule is CC(C)Cn1cc(C(=O)N[C@@H](C)C(=O)O)cn1. The van der Waals surface area contributed by atoms with E-state index in [4.69, 9.17) is 5.11 Å². The molecular formula is C11H17N3O3. The van der Waals surface area contributed by atoms with Gasteiger partial charge in [0.25, 0.3) is 5.91 Å². The molecule has 0 radical (unpaired) electrons. The lowest BCUT2D eigenvalue weighted by atomic mass is 10.2. The number of hydrogen-bond acceptors (Lipinski definition) is 3. The van der Waals surface area contributed by atoms with Crippen LogP contribution in [0.2, 0.25) is 0 Å². The first-order chi connectivity index (χ1) is 7.90. The molecule has 0 saturated heterocycles.